The van der Waals surface area contributed by atoms with Crippen molar-refractivity contribution in [3.63, 3.8) is 0 Å². The molecule has 2 bridgehead atoms. The SMILES string of the molecule is C[C@H](O[Si](C)(C)C(C)(C)C)[C@H]1NC[C@H]2CC[C@@H]1N2C(=O)OC(C)(C)C. The Bertz CT molecular complexity index is 496. The molecule has 2 aliphatic heterocycles. The fourth-order valence-electron chi connectivity index (χ4n) is 3.67. The first-order valence-electron chi connectivity index (χ1n) is 9.65. The Labute approximate surface area is 154 Å². The van der Waals surface area contributed by atoms with E-state index in [1.807, 2.05) is 25.7 Å². The lowest BCUT2D eigenvalue weighted by Crippen LogP contribution is -2.64. The van der Waals surface area contributed by atoms with Gasteiger partial charge in [0.25, 0.3) is 0 Å². The van der Waals surface area contributed by atoms with Crippen molar-refractivity contribution in [3.05, 3.63) is 0 Å². The summed E-state index contributed by atoms with van der Waals surface area (Å²) in [5, 5.41) is 3.83. The summed E-state index contributed by atoms with van der Waals surface area (Å²) in [5.41, 5.74) is -0.458. The molecule has 25 heavy (non-hydrogen) atoms. The molecule has 1 N–H and O–H groups in total. The first-order valence-corrected chi connectivity index (χ1v) is 12.6. The second-order valence-electron chi connectivity index (χ2n) is 10.2. The minimum absolute atomic E-state index is 0.0786. The first kappa shape index (κ1) is 20.7. The van der Waals surface area contributed by atoms with Crippen LogP contribution in [0.25, 0.3) is 0 Å². The Balaban J connectivity index is 2.11. The predicted molar refractivity (Wildman–Crippen MR) is 104 cm³/mol. The van der Waals surface area contributed by atoms with E-state index in [4.69, 9.17) is 9.16 Å². The molecule has 0 unspecified atom stereocenters. The second-order valence-corrected chi connectivity index (χ2v) is 15.0. The summed E-state index contributed by atoms with van der Waals surface area (Å²) in [7, 11) is -1.84. The minimum Gasteiger partial charge on any atom is -0.444 e. The van der Waals surface area contributed by atoms with Crippen LogP contribution in [0, 0.1) is 0 Å². The molecule has 2 fully saturated rings. The van der Waals surface area contributed by atoms with Crippen LogP contribution in [-0.2, 0) is 9.16 Å². The Morgan fingerprint density at radius 3 is 2.28 bits per heavy atom. The number of hydrogen-bond donors (Lipinski definition) is 1. The van der Waals surface area contributed by atoms with Gasteiger partial charge in [0, 0.05) is 12.6 Å². The fraction of sp³-hybridized carbons (Fsp3) is 0.947. The van der Waals surface area contributed by atoms with Crippen molar-refractivity contribution in [3.8, 4) is 0 Å². The van der Waals surface area contributed by atoms with E-state index in [9.17, 15) is 4.79 Å². The third kappa shape index (κ3) is 4.58. The number of nitrogens with one attached hydrogen (secondary N) is 1. The lowest BCUT2D eigenvalue weighted by molar-refractivity contribution is -0.00582. The largest absolute Gasteiger partial charge is 0.444 e. The molecule has 2 rings (SSSR count). The fourth-order valence-corrected chi connectivity index (χ4v) is 5.10. The van der Waals surface area contributed by atoms with Crippen molar-refractivity contribution in [2.75, 3.05) is 6.54 Å². The minimum atomic E-state index is -1.84. The molecule has 0 aromatic rings. The van der Waals surface area contributed by atoms with E-state index in [0.717, 1.165) is 19.4 Å². The van der Waals surface area contributed by atoms with Crippen LogP contribution in [0.4, 0.5) is 4.79 Å². The topological polar surface area (TPSA) is 50.8 Å². The average molecular weight is 371 g/mol. The number of amides is 1. The number of nitrogens with zero attached hydrogens (tertiary/aromatic N) is 1. The highest BCUT2D eigenvalue weighted by molar-refractivity contribution is 6.74. The summed E-state index contributed by atoms with van der Waals surface area (Å²) in [4.78, 5) is 14.7. The number of ether oxygens (including phenoxy) is 1. The van der Waals surface area contributed by atoms with E-state index in [2.05, 4.69) is 46.1 Å². The Hall–Kier alpha value is -0.593. The maximum atomic E-state index is 12.7. The molecular weight excluding hydrogens is 332 g/mol. The van der Waals surface area contributed by atoms with Crippen LogP contribution >= 0.6 is 0 Å². The van der Waals surface area contributed by atoms with Gasteiger partial charge in [0.2, 0.25) is 0 Å². The zero-order valence-corrected chi connectivity index (χ0v) is 18.6. The number of hydrogen-bond acceptors (Lipinski definition) is 4. The van der Waals surface area contributed by atoms with Crippen LogP contribution in [0.15, 0.2) is 0 Å². The van der Waals surface area contributed by atoms with E-state index in [-0.39, 0.29) is 35.4 Å². The molecule has 0 spiro atoms. The lowest BCUT2D eigenvalue weighted by Gasteiger charge is -2.46. The van der Waals surface area contributed by atoms with Crippen LogP contribution in [0.2, 0.25) is 18.1 Å². The van der Waals surface area contributed by atoms with Gasteiger partial charge in [0.05, 0.1) is 18.2 Å². The van der Waals surface area contributed by atoms with Gasteiger partial charge in [-0.2, -0.15) is 0 Å². The van der Waals surface area contributed by atoms with Crippen LogP contribution in [0.3, 0.4) is 0 Å². The second kappa shape index (κ2) is 6.85. The number of fused-ring (bicyclic) bond motifs is 2. The molecule has 2 saturated heterocycles. The molecule has 0 aromatic carbocycles. The van der Waals surface area contributed by atoms with E-state index >= 15 is 0 Å². The van der Waals surface area contributed by atoms with Gasteiger partial charge in [-0.15, -0.1) is 0 Å². The van der Waals surface area contributed by atoms with Crippen molar-refractivity contribution in [2.45, 2.75) is 109 Å². The maximum absolute atomic E-state index is 12.7. The normalized spacial score (nSPS) is 28.8. The van der Waals surface area contributed by atoms with Crippen LogP contribution < -0.4 is 5.32 Å². The Kier molecular flexibility index (Phi) is 5.68. The quantitative estimate of drug-likeness (QED) is 0.759. The summed E-state index contributed by atoms with van der Waals surface area (Å²) < 4.78 is 12.3. The summed E-state index contributed by atoms with van der Waals surface area (Å²) in [5.74, 6) is 0. The van der Waals surface area contributed by atoms with Gasteiger partial charge in [-0.3, -0.25) is 4.90 Å². The molecule has 2 heterocycles. The number of carbonyl (C=O) groups is 1. The molecule has 2 aliphatic rings. The van der Waals surface area contributed by atoms with Crippen molar-refractivity contribution < 1.29 is 14.0 Å². The van der Waals surface area contributed by atoms with Crippen molar-refractivity contribution >= 4 is 14.4 Å². The van der Waals surface area contributed by atoms with E-state index in [1.54, 1.807) is 0 Å². The highest BCUT2D eigenvalue weighted by Gasteiger charge is 2.49. The molecule has 1 amide bonds. The van der Waals surface area contributed by atoms with Gasteiger partial charge in [-0.25, -0.2) is 4.79 Å². The zero-order chi connectivity index (χ0) is 19.2. The molecular formula is C19H38N2O3Si. The lowest BCUT2D eigenvalue weighted by atomic mass is 10.0. The Morgan fingerprint density at radius 1 is 1.16 bits per heavy atom. The van der Waals surface area contributed by atoms with Gasteiger partial charge in [-0.1, -0.05) is 20.8 Å². The number of piperazine rings is 1. The molecule has 0 radical (unpaired) electrons. The molecule has 0 aliphatic carbocycles. The number of rotatable bonds is 3. The summed E-state index contributed by atoms with van der Waals surface area (Å²) in [6.07, 6.45) is 1.97. The molecule has 6 heteroatoms. The standard InChI is InChI=1S/C19H38N2O3Si/c1-13(24-25(8,9)19(5,6)7)16-15-11-10-14(12-20-16)21(15)17(22)23-18(2,3)4/h13-16,20H,10-12H2,1-9H3/t13-,14+,15-,16+/m0/s1. The predicted octanol–water partition coefficient (Wildman–Crippen LogP) is 4.14. The van der Waals surface area contributed by atoms with Gasteiger partial charge in [-0.05, 0) is 58.7 Å². The maximum Gasteiger partial charge on any atom is 0.410 e. The molecule has 0 saturated carbocycles. The highest BCUT2D eigenvalue weighted by atomic mass is 28.4. The molecule has 146 valence electrons. The third-order valence-electron chi connectivity index (χ3n) is 5.95. The molecule has 4 atom stereocenters. The number of carbonyl (C=O) groups excluding carboxylic acids is 1. The average Bonchev–Trinajstić information content (AvgIpc) is 2.69. The van der Waals surface area contributed by atoms with E-state index in [0.29, 0.717) is 0 Å². The zero-order valence-electron chi connectivity index (χ0n) is 17.6. The molecule has 0 aromatic heterocycles. The van der Waals surface area contributed by atoms with Gasteiger partial charge in [0.1, 0.15) is 5.60 Å². The van der Waals surface area contributed by atoms with Gasteiger partial charge >= 0.3 is 6.09 Å². The van der Waals surface area contributed by atoms with Crippen molar-refractivity contribution in [1.29, 1.82) is 0 Å². The summed E-state index contributed by atoms with van der Waals surface area (Å²) in [6, 6.07) is 0.574. The first-order chi connectivity index (χ1) is 11.2. The third-order valence-corrected chi connectivity index (χ3v) is 10.5. The van der Waals surface area contributed by atoms with Crippen molar-refractivity contribution in [2.24, 2.45) is 0 Å². The molecule has 5 nitrogen and oxygen atoms in total. The van der Waals surface area contributed by atoms with Crippen molar-refractivity contribution in [1.82, 2.24) is 10.2 Å². The van der Waals surface area contributed by atoms with Gasteiger partial charge < -0.3 is 14.5 Å². The summed E-state index contributed by atoms with van der Waals surface area (Å²) >= 11 is 0. The smallest absolute Gasteiger partial charge is 0.410 e. The highest BCUT2D eigenvalue weighted by Crippen LogP contribution is 2.39. The monoisotopic (exact) mass is 370 g/mol. The van der Waals surface area contributed by atoms with Gasteiger partial charge in [0.15, 0.2) is 8.32 Å². The van der Waals surface area contributed by atoms with E-state index in [1.165, 1.54) is 0 Å². The van der Waals surface area contributed by atoms with Crippen LogP contribution in [0.5, 0.6) is 0 Å². The van der Waals surface area contributed by atoms with Crippen LogP contribution in [-0.4, -0.2) is 55.7 Å². The Morgan fingerprint density at radius 2 is 1.76 bits per heavy atom. The van der Waals surface area contributed by atoms with Crippen LogP contribution in [0.1, 0.15) is 61.3 Å². The van der Waals surface area contributed by atoms with E-state index < -0.39 is 13.9 Å². The summed E-state index contributed by atoms with van der Waals surface area (Å²) in [6.45, 7) is 20.1.